The molecular weight excluding hydrogens is 168 g/mol. The van der Waals surface area contributed by atoms with E-state index in [0.717, 1.165) is 19.4 Å². The summed E-state index contributed by atoms with van der Waals surface area (Å²) < 4.78 is 0. The highest BCUT2D eigenvalue weighted by Gasteiger charge is 2.30. The van der Waals surface area contributed by atoms with Gasteiger partial charge in [0.1, 0.15) is 0 Å². The van der Waals surface area contributed by atoms with Crippen LogP contribution in [0.25, 0.3) is 0 Å². The molecule has 76 valence electrons. The van der Waals surface area contributed by atoms with Gasteiger partial charge in [0.05, 0.1) is 5.60 Å². The lowest BCUT2D eigenvalue weighted by atomic mass is 10.0. The van der Waals surface area contributed by atoms with E-state index in [1.807, 2.05) is 6.92 Å². The van der Waals surface area contributed by atoms with Crippen molar-refractivity contribution in [1.82, 2.24) is 10.6 Å². The van der Waals surface area contributed by atoms with Gasteiger partial charge >= 0.3 is 0 Å². The molecule has 1 amide bonds. The van der Waals surface area contributed by atoms with Crippen molar-refractivity contribution in [3.8, 4) is 0 Å². The SMILES string of the molecule is CCCC(=O)NCC1(O)CCNC1. The molecule has 1 atom stereocenters. The number of carbonyl (C=O) groups excluding carboxylic acids is 1. The molecule has 1 rings (SSSR count). The van der Waals surface area contributed by atoms with Gasteiger partial charge in [-0.05, 0) is 19.4 Å². The fraction of sp³-hybridized carbons (Fsp3) is 0.889. The molecule has 13 heavy (non-hydrogen) atoms. The number of hydrogen-bond acceptors (Lipinski definition) is 3. The van der Waals surface area contributed by atoms with E-state index in [9.17, 15) is 9.90 Å². The summed E-state index contributed by atoms with van der Waals surface area (Å²) in [5, 5.41) is 15.6. The zero-order valence-corrected chi connectivity index (χ0v) is 8.10. The average Bonchev–Trinajstić information content (AvgIpc) is 2.51. The number of amides is 1. The maximum absolute atomic E-state index is 11.1. The molecule has 0 radical (unpaired) electrons. The minimum Gasteiger partial charge on any atom is -0.387 e. The topological polar surface area (TPSA) is 61.4 Å². The van der Waals surface area contributed by atoms with Gasteiger partial charge in [0.25, 0.3) is 0 Å². The minimum absolute atomic E-state index is 0.0304. The second kappa shape index (κ2) is 4.58. The molecule has 1 unspecified atom stereocenters. The van der Waals surface area contributed by atoms with Crippen LogP contribution >= 0.6 is 0 Å². The smallest absolute Gasteiger partial charge is 0.220 e. The van der Waals surface area contributed by atoms with Crippen LogP contribution in [-0.4, -0.2) is 36.2 Å². The third-order valence-corrected chi connectivity index (χ3v) is 2.31. The number of rotatable bonds is 4. The number of aliphatic hydroxyl groups is 1. The van der Waals surface area contributed by atoms with Crippen molar-refractivity contribution in [3.05, 3.63) is 0 Å². The van der Waals surface area contributed by atoms with Crippen LogP contribution in [0.2, 0.25) is 0 Å². The first-order valence-electron chi connectivity index (χ1n) is 4.86. The molecule has 1 aliphatic rings. The summed E-state index contributed by atoms with van der Waals surface area (Å²) >= 11 is 0. The first-order valence-corrected chi connectivity index (χ1v) is 4.86. The monoisotopic (exact) mass is 186 g/mol. The van der Waals surface area contributed by atoms with Gasteiger partial charge < -0.3 is 15.7 Å². The molecule has 1 heterocycles. The fourth-order valence-electron chi connectivity index (χ4n) is 1.46. The van der Waals surface area contributed by atoms with Gasteiger partial charge in [0.15, 0.2) is 0 Å². The maximum Gasteiger partial charge on any atom is 0.220 e. The molecule has 0 spiro atoms. The second-order valence-corrected chi connectivity index (χ2v) is 3.68. The van der Waals surface area contributed by atoms with Crippen molar-refractivity contribution >= 4 is 5.91 Å². The van der Waals surface area contributed by atoms with Crippen molar-refractivity contribution in [2.24, 2.45) is 0 Å². The van der Waals surface area contributed by atoms with Gasteiger partial charge in [0.2, 0.25) is 5.91 Å². The maximum atomic E-state index is 11.1. The van der Waals surface area contributed by atoms with Gasteiger partial charge in [-0.2, -0.15) is 0 Å². The molecule has 4 heteroatoms. The summed E-state index contributed by atoms with van der Waals surface area (Å²) in [7, 11) is 0. The van der Waals surface area contributed by atoms with Crippen molar-refractivity contribution in [1.29, 1.82) is 0 Å². The molecular formula is C9H18N2O2. The lowest BCUT2D eigenvalue weighted by Crippen LogP contribution is -2.44. The van der Waals surface area contributed by atoms with E-state index in [2.05, 4.69) is 10.6 Å². The van der Waals surface area contributed by atoms with E-state index >= 15 is 0 Å². The van der Waals surface area contributed by atoms with Crippen LogP contribution in [0.3, 0.4) is 0 Å². The van der Waals surface area contributed by atoms with Gasteiger partial charge in [-0.15, -0.1) is 0 Å². The van der Waals surface area contributed by atoms with Crippen molar-refractivity contribution in [2.45, 2.75) is 31.8 Å². The highest BCUT2D eigenvalue weighted by atomic mass is 16.3. The summed E-state index contributed by atoms with van der Waals surface area (Å²) in [5.74, 6) is 0.0304. The van der Waals surface area contributed by atoms with Gasteiger partial charge in [-0.3, -0.25) is 4.79 Å². The standard InChI is InChI=1S/C9H18N2O2/c1-2-3-8(12)11-7-9(13)4-5-10-6-9/h10,13H,2-7H2,1H3,(H,11,12). The highest BCUT2D eigenvalue weighted by molar-refractivity contribution is 5.75. The third-order valence-electron chi connectivity index (χ3n) is 2.31. The van der Waals surface area contributed by atoms with E-state index in [1.54, 1.807) is 0 Å². The van der Waals surface area contributed by atoms with E-state index in [0.29, 0.717) is 19.5 Å². The number of carbonyl (C=O) groups is 1. The summed E-state index contributed by atoms with van der Waals surface area (Å²) in [4.78, 5) is 11.1. The van der Waals surface area contributed by atoms with Crippen molar-refractivity contribution < 1.29 is 9.90 Å². The van der Waals surface area contributed by atoms with Crippen LogP contribution in [0, 0.1) is 0 Å². The molecule has 4 nitrogen and oxygen atoms in total. The summed E-state index contributed by atoms with van der Waals surface area (Å²) in [6, 6.07) is 0. The molecule has 3 N–H and O–H groups in total. The Kier molecular flexibility index (Phi) is 3.69. The fourth-order valence-corrected chi connectivity index (χ4v) is 1.46. The van der Waals surface area contributed by atoms with Crippen LogP contribution in [0.1, 0.15) is 26.2 Å². The molecule has 0 aromatic heterocycles. The Balaban J connectivity index is 2.21. The molecule has 1 aliphatic heterocycles. The summed E-state index contributed by atoms with van der Waals surface area (Å²) in [6.07, 6.45) is 2.12. The number of hydrogen-bond donors (Lipinski definition) is 3. The van der Waals surface area contributed by atoms with Crippen LogP contribution in [0.4, 0.5) is 0 Å². The van der Waals surface area contributed by atoms with Gasteiger partial charge in [-0.1, -0.05) is 6.92 Å². The lowest BCUT2D eigenvalue weighted by molar-refractivity contribution is -0.122. The van der Waals surface area contributed by atoms with E-state index in [4.69, 9.17) is 0 Å². The van der Waals surface area contributed by atoms with Crippen LogP contribution in [-0.2, 0) is 4.79 Å². The largest absolute Gasteiger partial charge is 0.387 e. The van der Waals surface area contributed by atoms with Crippen molar-refractivity contribution in [2.75, 3.05) is 19.6 Å². The Bertz CT molecular complexity index is 176. The van der Waals surface area contributed by atoms with Crippen LogP contribution < -0.4 is 10.6 Å². The molecule has 0 aromatic carbocycles. The molecule has 0 aromatic rings. The number of β-amino-alcohol motifs (C(OH)–C–C–N with tert-alkyl or cyclic N) is 1. The molecule has 0 saturated carbocycles. The van der Waals surface area contributed by atoms with E-state index < -0.39 is 5.60 Å². The predicted molar refractivity (Wildman–Crippen MR) is 50.4 cm³/mol. The quantitative estimate of drug-likeness (QED) is 0.561. The Morgan fingerprint density at radius 2 is 2.46 bits per heavy atom. The molecule has 1 saturated heterocycles. The summed E-state index contributed by atoms with van der Waals surface area (Å²) in [6.45, 7) is 3.75. The minimum atomic E-state index is -0.719. The Labute approximate surface area is 78.7 Å². The highest BCUT2D eigenvalue weighted by Crippen LogP contribution is 2.12. The summed E-state index contributed by atoms with van der Waals surface area (Å²) in [5.41, 5.74) is -0.719. The normalized spacial score (nSPS) is 27.5. The van der Waals surface area contributed by atoms with Crippen molar-refractivity contribution in [3.63, 3.8) is 0 Å². The second-order valence-electron chi connectivity index (χ2n) is 3.68. The Hall–Kier alpha value is -0.610. The van der Waals surface area contributed by atoms with E-state index in [1.165, 1.54) is 0 Å². The average molecular weight is 186 g/mol. The van der Waals surface area contributed by atoms with Gasteiger partial charge in [-0.25, -0.2) is 0 Å². The number of nitrogens with one attached hydrogen (secondary N) is 2. The Morgan fingerprint density at radius 1 is 1.69 bits per heavy atom. The zero-order valence-electron chi connectivity index (χ0n) is 8.10. The zero-order chi connectivity index (χ0) is 9.73. The molecule has 1 fully saturated rings. The first-order chi connectivity index (χ1) is 6.16. The predicted octanol–water partition coefficient (Wildman–Crippen LogP) is -0.373. The first kappa shape index (κ1) is 10.5. The third kappa shape index (κ3) is 3.32. The van der Waals surface area contributed by atoms with Crippen LogP contribution in [0.15, 0.2) is 0 Å². The molecule has 0 aliphatic carbocycles. The van der Waals surface area contributed by atoms with E-state index in [-0.39, 0.29) is 5.91 Å². The van der Waals surface area contributed by atoms with Crippen LogP contribution in [0.5, 0.6) is 0 Å². The Morgan fingerprint density at radius 3 is 3.00 bits per heavy atom. The lowest BCUT2D eigenvalue weighted by Gasteiger charge is -2.21. The van der Waals surface area contributed by atoms with Gasteiger partial charge in [0, 0.05) is 19.5 Å². The molecule has 0 bridgehead atoms.